The van der Waals surface area contributed by atoms with Crippen molar-refractivity contribution in [3.8, 4) is 51.0 Å². The lowest BCUT2D eigenvalue weighted by Gasteiger charge is -2.13. The molecule has 0 bridgehead atoms. The monoisotopic (exact) mass is 656 g/mol. The third-order valence-corrected chi connectivity index (χ3v) is 10.6. The third-order valence-electron chi connectivity index (χ3n) is 9.49. The molecule has 5 heteroatoms. The number of nitrogens with zero attached hydrogens (tertiary/aromatic N) is 4. The zero-order valence-corrected chi connectivity index (χ0v) is 27.7. The summed E-state index contributed by atoms with van der Waals surface area (Å²) in [5.74, 6) is 1.85. The smallest absolute Gasteiger partial charge is 0.238 e. The topological polar surface area (TPSA) is 43.6 Å². The standard InChI is InChI=1S/C45H28N4S/c1-3-12-29(13-4-1)30-22-24-32(25-23-30)44-46-43(31-14-5-2-6-15-31)47-45(48-44)49-39-20-9-7-16-35(39)38-19-11-18-34(42(38)49)33-26-27-37-36-17-8-10-21-40(36)50-41(37)28-33/h1-28H. The van der Waals surface area contributed by atoms with Gasteiger partial charge in [-0.05, 0) is 34.9 Å². The van der Waals surface area contributed by atoms with E-state index in [-0.39, 0.29) is 0 Å². The Hall–Kier alpha value is -6.43. The fourth-order valence-electron chi connectivity index (χ4n) is 7.11. The van der Waals surface area contributed by atoms with E-state index in [9.17, 15) is 0 Å². The molecule has 10 aromatic rings. The first-order valence-electron chi connectivity index (χ1n) is 16.7. The lowest BCUT2D eigenvalue weighted by atomic mass is 10.0. The van der Waals surface area contributed by atoms with E-state index >= 15 is 0 Å². The van der Waals surface area contributed by atoms with E-state index in [2.05, 4.69) is 150 Å². The molecule has 0 N–H and O–H groups in total. The number of para-hydroxylation sites is 2. The van der Waals surface area contributed by atoms with Gasteiger partial charge in [-0.1, -0.05) is 152 Å². The van der Waals surface area contributed by atoms with Crippen LogP contribution in [0.2, 0.25) is 0 Å². The van der Waals surface area contributed by atoms with Crippen LogP contribution in [0.3, 0.4) is 0 Å². The van der Waals surface area contributed by atoms with Gasteiger partial charge in [0.15, 0.2) is 11.6 Å². The van der Waals surface area contributed by atoms with E-state index in [1.807, 2.05) is 35.6 Å². The van der Waals surface area contributed by atoms with Gasteiger partial charge in [-0.15, -0.1) is 11.3 Å². The third kappa shape index (κ3) is 4.71. The van der Waals surface area contributed by atoms with E-state index in [4.69, 9.17) is 15.0 Å². The summed E-state index contributed by atoms with van der Waals surface area (Å²) in [6.07, 6.45) is 0. The van der Waals surface area contributed by atoms with Crippen molar-refractivity contribution < 1.29 is 0 Å². The van der Waals surface area contributed by atoms with Crippen molar-refractivity contribution in [1.29, 1.82) is 0 Å². The fraction of sp³-hybridized carbons (Fsp3) is 0. The summed E-state index contributed by atoms with van der Waals surface area (Å²) in [6, 6.07) is 59.7. The van der Waals surface area contributed by atoms with Crippen molar-refractivity contribution in [3.63, 3.8) is 0 Å². The fourth-order valence-corrected chi connectivity index (χ4v) is 8.25. The Kier molecular flexibility index (Phi) is 6.64. The average Bonchev–Trinajstić information content (AvgIpc) is 3.74. The van der Waals surface area contributed by atoms with E-state index in [1.165, 1.54) is 25.7 Å². The summed E-state index contributed by atoms with van der Waals surface area (Å²) in [6.45, 7) is 0. The second-order valence-corrected chi connectivity index (χ2v) is 13.5. The summed E-state index contributed by atoms with van der Waals surface area (Å²) in [5, 5.41) is 4.90. The average molecular weight is 657 g/mol. The number of fused-ring (bicyclic) bond motifs is 6. The highest BCUT2D eigenvalue weighted by molar-refractivity contribution is 7.25. The quantitative estimate of drug-likeness (QED) is 0.185. The Bertz CT molecular complexity index is 2850. The van der Waals surface area contributed by atoms with Crippen molar-refractivity contribution >= 4 is 53.3 Å². The van der Waals surface area contributed by atoms with Gasteiger partial charge >= 0.3 is 0 Å². The molecule has 0 saturated heterocycles. The molecular formula is C45H28N4S. The number of rotatable bonds is 5. The normalized spacial score (nSPS) is 11.6. The molecule has 3 heterocycles. The summed E-state index contributed by atoms with van der Waals surface area (Å²) in [4.78, 5) is 15.5. The van der Waals surface area contributed by atoms with Gasteiger partial charge in [-0.3, -0.25) is 4.57 Å². The molecule has 50 heavy (non-hydrogen) atoms. The summed E-state index contributed by atoms with van der Waals surface area (Å²) < 4.78 is 4.80. The molecular weight excluding hydrogens is 629 g/mol. The molecule has 3 aromatic heterocycles. The molecule has 0 amide bonds. The summed E-state index contributed by atoms with van der Waals surface area (Å²) >= 11 is 1.84. The lowest BCUT2D eigenvalue weighted by Crippen LogP contribution is -2.07. The van der Waals surface area contributed by atoms with Crippen LogP contribution in [0.25, 0.3) is 93.0 Å². The minimum absolute atomic E-state index is 0.586. The van der Waals surface area contributed by atoms with E-state index in [0.717, 1.165) is 49.6 Å². The van der Waals surface area contributed by atoms with Crippen LogP contribution in [-0.2, 0) is 0 Å². The predicted octanol–water partition coefficient (Wildman–Crippen LogP) is 12.0. The first-order valence-corrected chi connectivity index (χ1v) is 17.5. The first kappa shape index (κ1) is 28.6. The number of hydrogen-bond donors (Lipinski definition) is 0. The minimum Gasteiger partial charge on any atom is -0.277 e. The van der Waals surface area contributed by atoms with Gasteiger partial charge < -0.3 is 0 Å². The van der Waals surface area contributed by atoms with Crippen molar-refractivity contribution in [3.05, 3.63) is 170 Å². The molecule has 0 aliphatic heterocycles. The Morgan fingerprint density at radius 1 is 0.380 bits per heavy atom. The maximum absolute atomic E-state index is 5.23. The second-order valence-electron chi connectivity index (χ2n) is 12.5. The van der Waals surface area contributed by atoms with Crippen molar-refractivity contribution in [1.82, 2.24) is 19.5 Å². The van der Waals surface area contributed by atoms with E-state index in [1.54, 1.807) is 0 Å². The van der Waals surface area contributed by atoms with Crippen LogP contribution >= 0.6 is 11.3 Å². The molecule has 0 aliphatic rings. The van der Waals surface area contributed by atoms with Crippen LogP contribution in [0.4, 0.5) is 0 Å². The molecule has 0 saturated carbocycles. The Labute approximate surface area is 292 Å². The molecule has 0 fully saturated rings. The minimum atomic E-state index is 0.586. The van der Waals surface area contributed by atoms with Gasteiger partial charge in [-0.2, -0.15) is 9.97 Å². The Balaban J connectivity index is 1.22. The summed E-state index contributed by atoms with van der Waals surface area (Å²) in [5.41, 5.74) is 8.61. The molecule has 0 aliphatic carbocycles. The molecule has 0 atom stereocenters. The van der Waals surface area contributed by atoms with Crippen LogP contribution < -0.4 is 0 Å². The Morgan fingerprint density at radius 3 is 1.72 bits per heavy atom. The highest BCUT2D eigenvalue weighted by atomic mass is 32.1. The van der Waals surface area contributed by atoms with Gasteiger partial charge in [0.05, 0.1) is 11.0 Å². The number of hydrogen-bond acceptors (Lipinski definition) is 4. The molecule has 0 spiro atoms. The van der Waals surface area contributed by atoms with Crippen molar-refractivity contribution in [2.45, 2.75) is 0 Å². The zero-order chi connectivity index (χ0) is 33.0. The van der Waals surface area contributed by atoms with Gasteiger partial charge in [0.2, 0.25) is 5.95 Å². The van der Waals surface area contributed by atoms with Gasteiger partial charge in [0.1, 0.15) is 0 Å². The van der Waals surface area contributed by atoms with Crippen LogP contribution in [0.1, 0.15) is 0 Å². The first-order chi connectivity index (χ1) is 24.8. The number of benzene rings is 7. The second kappa shape index (κ2) is 11.6. The van der Waals surface area contributed by atoms with Crippen molar-refractivity contribution in [2.24, 2.45) is 0 Å². The lowest BCUT2D eigenvalue weighted by molar-refractivity contribution is 0.954. The van der Waals surface area contributed by atoms with Crippen LogP contribution in [-0.4, -0.2) is 19.5 Å². The highest BCUT2D eigenvalue weighted by Crippen LogP contribution is 2.41. The van der Waals surface area contributed by atoms with Gasteiger partial charge in [0, 0.05) is 47.6 Å². The maximum atomic E-state index is 5.23. The number of aromatic nitrogens is 4. The summed E-state index contributed by atoms with van der Waals surface area (Å²) in [7, 11) is 0. The molecule has 7 aromatic carbocycles. The molecule has 4 nitrogen and oxygen atoms in total. The predicted molar refractivity (Wildman–Crippen MR) is 209 cm³/mol. The van der Waals surface area contributed by atoms with Crippen molar-refractivity contribution in [2.75, 3.05) is 0 Å². The van der Waals surface area contributed by atoms with Crippen LogP contribution in [0, 0.1) is 0 Å². The number of thiophene rings is 1. The SMILES string of the molecule is c1ccc(-c2ccc(-c3nc(-c4ccccc4)nc(-n4c5ccccc5c5cccc(-c6ccc7c(c6)sc6ccccc67)c54)n3)cc2)cc1. The largest absolute Gasteiger partial charge is 0.277 e. The van der Waals surface area contributed by atoms with Crippen LogP contribution in [0.5, 0.6) is 0 Å². The maximum Gasteiger partial charge on any atom is 0.238 e. The van der Waals surface area contributed by atoms with Gasteiger partial charge in [-0.25, -0.2) is 4.98 Å². The zero-order valence-electron chi connectivity index (χ0n) is 26.9. The van der Waals surface area contributed by atoms with E-state index in [0.29, 0.717) is 17.6 Å². The molecule has 234 valence electrons. The molecule has 0 radical (unpaired) electrons. The molecule has 10 rings (SSSR count). The highest BCUT2D eigenvalue weighted by Gasteiger charge is 2.21. The Morgan fingerprint density at radius 2 is 0.940 bits per heavy atom. The molecule has 0 unspecified atom stereocenters. The van der Waals surface area contributed by atoms with E-state index < -0.39 is 0 Å². The van der Waals surface area contributed by atoms with Gasteiger partial charge in [0.25, 0.3) is 0 Å². The van der Waals surface area contributed by atoms with Crippen LogP contribution in [0.15, 0.2) is 170 Å².